The first-order valence-electron chi connectivity index (χ1n) is 3.63. The molecule has 1 aromatic heterocycles. The van der Waals surface area contributed by atoms with E-state index in [1.807, 2.05) is 0 Å². The highest BCUT2D eigenvalue weighted by Gasteiger charge is 2.13. The molecule has 3 nitrogen and oxygen atoms in total. The van der Waals surface area contributed by atoms with Crippen molar-refractivity contribution in [2.24, 2.45) is 0 Å². The maximum Gasteiger partial charge on any atom is 0.414 e. The third kappa shape index (κ3) is 1.26. The van der Waals surface area contributed by atoms with Crippen LogP contribution in [0, 0.1) is 0 Å². The minimum Gasteiger partial charge on any atom is -0.449 e. The zero-order valence-electron chi connectivity index (χ0n) is 6.49. The summed E-state index contributed by atoms with van der Waals surface area (Å²) < 4.78 is 16.5. The van der Waals surface area contributed by atoms with Crippen molar-refractivity contribution in [1.82, 2.24) is 0 Å². The number of furan rings is 1. The normalized spacial score (nSPS) is 10.2. The lowest BCUT2D eigenvalue weighted by atomic mass is 10.2. The Kier molecular flexibility index (Phi) is 1.73. The van der Waals surface area contributed by atoms with Crippen LogP contribution in [0.15, 0.2) is 34.7 Å². The first-order chi connectivity index (χ1) is 6.31. The van der Waals surface area contributed by atoms with Gasteiger partial charge >= 0.3 is 5.97 Å². The van der Waals surface area contributed by atoms with Gasteiger partial charge in [-0.1, -0.05) is 18.2 Å². The zero-order valence-corrected chi connectivity index (χ0v) is 6.49. The third-order valence-electron chi connectivity index (χ3n) is 1.70. The minimum atomic E-state index is -1.11. The summed E-state index contributed by atoms with van der Waals surface area (Å²) >= 11 is 0. The molecule has 0 amide bonds. The van der Waals surface area contributed by atoms with E-state index in [1.54, 1.807) is 24.3 Å². The lowest BCUT2D eigenvalue weighted by Crippen LogP contribution is -1.94. The fraction of sp³-hybridized carbons (Fsp3) is 0. The maximum atomic E-state index is 11.5. The molecule has 4 heteroatoms. The van der Waals surface area contributed by atoms with Gasteiger partial charge in [-0.25, -0.2) is 9.74 Å². The minimum absolute atomic E-state index is 0.135. The Balaban J connectivity index is 2.56. The van der Waals surface area contributed by atoms with E-state index in [-0.39, 0.29) is 5.76 Å². The average Bonchev–Trinajstić information content (AvgIpc) is 2.59. The first-order valence-corrected chi connectivity index (χ1v) is 3.63. The number of carbonyl (C=O) groups is 1. The molecule has 0 atom stereocenters. The highest BCUT2D eigenvalue weighted by Crippen LogP contribution is 2.19. The van der Waals surface area contributed by atoms with E-state index in [0.29, 0.717) is 5.58 Å². The van der Waals surface area contributed by atoms with Crippen molar-refractivity contribution in [3.8, 4) is 0 Å². The Morgan fingerprint density at radius 1 is 1.38 bits per heavy atom. The van der Waals surface area contributed by atoms with Gasteiger partial charge in [0.1, 0.15) is 5.58 Å². The first kappa shape index (κ1) is 7.79. The highest BCUT2D eigenvalue weighted by molar-refractivity contribution is 5.92. The number of hydrogen-bond donors (Lipinski definition) is 0. The van der Waals surface area contributed by atoms with E-state index in [2.05, 4.69) is 4.94 Å². The molecule has 66 valence electrons. The van der Waals surface area contributed by atoms with Crippen molar-refractivity contribution in [3.63, 3.8) is 0 Å². The van der Waals surface area contributed by atoms with Crippen molar-refractivity contribution < 1.29 is 18.7 Å². The van der Waals surface area contributed by atoms with E-state index in [4.69, 9.17) is 4.42 Å². The van der Waals surface area contributed by atoms with E-state index in [9.17, 15) is 9.32 Å². The fourth-order valence-corrected chi connectivity index (χ4v) is 1.12. The van der Waals surface area contributed by atoms with E-state index >= 15 is 0 Å². The Labute approximate surface area is 72.6 Å². The van der Waals surface area contributed by atoms with Gasteiger partial charge in [0.05, 0.1) is 0 Å². The Bertz CT molecular complexity index is 414. The maximum absolute atomic E-state index is 11.5. The van der Waals surface area contributed by atoms with Gasteiger partial charge in [-0.05, 0) is 12.1 Å². The van der Waals surface area contributed by atoms with Gasteiger partial charge in [0.15, 0.2) is 0 Å². The van der Waals surface area contributed by atoms with Crippen molar-refractivity contribution >= 4 is 16.9 Å². The van der Waals surface area contributed by atoms with Crippen LogP contribution in [0.25, 0.3) is 11.0 Å². The SMILES string of the molecule is O=C(OF)c1cc2ccccc2o1. The van der Waals surface area contributed by atoms with Crippen molar-refractivity contribution in [1.29, 1.82) is 0 Å². The van der Waals surface area contributed by atoms with Gasteiger partial charge in [0.25, 0.3) is 0 Å². The molecule has 1 heterocycles. The van der Waals surface area contributed by atoms with Gasteiger partial charge in [-0.2, -0.15) is 0 Å². The molecule has 0 unspecified atom stereocenters. The molecule has 0 N–H and O–H groups in total. The second-order valence-electron chi connectivity index (χ2n) is 2.51. The molecule has 0 fully saturated rings. The smallest absolute Gasteiger partial charge is 0.414 e. The van der Waals surface area contributed by atoms with E-state index in [0.717, 1.165) is 5.39 Å². The van der Waals surface area contributed by atoms with Crippen LogP contribution in [0.4, 0.5) is 4.53 Å². The summed E-state index contributed by atoms with van der Waals surface area (Å²) in [6.07, 6.45) is 0. The number of carbonyl (C=O) groups excluding carboxylic acids is 1. The van der Waals surface area contributed by atoms with Crippen LogP contribution in [-0.2, 0) is 4.94 Å². The molecular formula is C9H5FO3. The fourth-order valence-electron chi connectivity index (χ4n) is 1.12. The summed E-state index contributed by atoms with van der Waals surface area (Å²) in [5, 5.41) is 0.739. The Hall–Kier alpha value is -1.84. The second-order valence-corrected chi connectivity index (χ2v) is 2.51. The number of para-hydroxylation sites is 1. The van der Waals surface area contributed by atoms with Crippen molar-refractivity contribution in [2.75, 3.05) is 0 Å². The summed E-state index contributed by atoms with van der Waals surface area (Å²) in [7, 11) is 0. The summed E-state index contributed by atoms with van der Waals surface area (Å²) in [6, 6.07) is 8.42. The number of hydrogen-bond acceptors (Lipinski definition) is 3. The number of fused-ring (bicyclic) bond motifs is 1. The zero-order chi connectivity index (χ0) is 9.26. The summed E-state index contributed by atoms with van der Waals surface area (Å²) in [5.74, 6) is -1.25. The Morgan fingerprint density at radius 3 is 2.85 bits per heavy atom. The highest BCUT2D eigenvalue weighted by atomic mass is 19.3. The van der Waals surface area contributed by atoms with Crippen LogP contribution in [-0.4, -0.2) is 5.97 Å². The van der Waals surface area contributed by atoms with Crippen LogP contribution in [0.5, 0.6) is 0 Å². The second kappa shape index (κ2) is 2.90. The lowest BCUT2D eigenvalue weighted by molar-refractivity contribution is -0.0810. The molecule has 2 aromatic rings. The number of rotatable bonds is 1. The van der Waals surface area contributed by atoms with Gasteiger partial charge < -0.3 is 4.42 Å². The third-order valence-corrected chi connectivity index (χ3v) is 1.70. The predicted octanol–water partition coefficient (Wildman–Crippen LogP) is 2.47. The van der Waals surface area contributed by atoms with Gasteiger partial charge in [0.2, 0.25) is 5.76 Å². The van der Waals surface area contributed by atoms with E-state index < -0.39 is 5.97 Å². The molecule has 0 aliphatic rings. The van der Waals surface area contributed by atoms with E-state index in [1.165, 1.54) is 6.07 Å². The molecule has 0 saturated heterocycles. The molecule has 1 aromatic carbocycles. The molecule has 0 aliphatic heterocycles. The molecule has 0 spiro atoms. The largest absolute Gasteiger partial charge is 0.449 e. The molecule has 0 aliphatic carbocycles. The topological polar surface area (TPSA) is 39.4 Å². The van der Waals surface area contributed by atoms with Crippen LogP contribution < -0.4 is 0 Å². The Morgan fingerprint density at radius 2 is 2.15 bits per heavy atom. The molecule has 0 bridgehead atoms. The molecule has 0 radical (unpaired) electrons. The summed E-state index contributed by atoms with van der Waals surface area (Å²) in [4.78, 5) is 13.7. The van der Waals surface area contributed by atoms with Crippen LogP contribution in [0.1, 0.15) is 10.6 Å². The van der Waals surface area contributed by atoms with Gasteiger partial charge in [0, 0.05) is 9.91 Å². The summed E-state index contributed by atoms with van der Waals surface area (Å²) in [5.41, 5.74) is 0.530. The molecular weight excluding hydrogens is 175 g/mol. The summed E-state index contributed by atoms with van der Waals surface area (Å²) in [6.45, 7) is 0. The van der Waals surface area contributed by atoms with Crippen LogP contribution in [0.3, 0.4) is 0 Å². The lowest BCUT2D eigenvalue weighted by Gasteiger charge is -1.85. The number of benzene rings is 1. The molecule has 13 heavy (non-hydrogen) atoms. The van der Waals surface area contributed by atoms with Crippen molar-refractivity contribution in [3.05, 3.63) is 36.1 Å². The molecule has 2 rings (SSSR count). The van der Waals surface area contributed by atoms with Crippen molar-refractivity contribution in [2.45, 2.75) is 0 Å². The monoisotopic (exact) mass is 180 g/mol. The predicted molar refractivity (Wildman–Crippen MR) is 42.7 cm³/mol. The average molecular weight is 180 g/mol. The number of halogens is 1. The standard InChI is InChI=1S/C9H5FO3/c10-13-9(11)8-5-6-3-1-2-4-7(6)12-8/h1-5H. The van der Waals surface area contributed by atoms with Crippen LogP contribution in [0.2, 0.25) is 0 Å². The quantitative estimate of drug-likeness (QED) is 0.676. The molecule has 0 saturated carbocycles. The van der Waals surface area contributed by atoms with Gasteiger partial charge in [-0.15, -0.1) is 0 Å². The van der Waals surface area contributed by atoms with Gasteiger partial charge in [-0.3, -0.25) is 0 Å². The van der Waals surface area contributed by atoms with Crippen LogP contribution >= 0.6 is 0 Å².